The maximum absolute atomic E-state index is 13.9. The summed E-state index contributed by atoms with van der Waals surface area (Å²) < 4.78 is 41.8. The van der Waals surface area contributed by atoms with Crippen molar-refractivity contribution in [1.29, 1.82) is 0 Å². The molecule has 0 aliphatic heterocycles. The molecule has 0 saturated heterocycles. The van der Waals surface area contributed by atoms with Crippen molar-refractivity contribution in [3.05, 3.63) is 65.6 Å². The van der Waals surface area contributed by atoms with Gasteiger partial charge in [-0.3, -0.25) is 14.5 Å². The Labute approximate surface area is 143 Å². The molecule has 3 aromatic rings. The average Bonchev–Trinajstić information content (AvgIpc) is 2.56. The lowest BCUT2D eigenvalue weighted by molar-refractivity contribution is 0.0999. The smallest absolute Gasteiger partial charge is 0.262 e. The normalized spacial score (nSPS) is 11.4. The fraction of sp³-hybridized carbons (Fsp3) is 0.0588. The van der Waals surface area contributed by atoms with E-state index in [1.165, 1.54) is 42.6 Å². The lowest BCUT2D eigenvalue weighted by Crippen LogP contribution is -2.17. The average molecular weight is 359 g/mol. The fourth-order valence-electron chi connectivity index (χ4n) is 2.56. The van der Waals surface area contributed by atoms with Crippen LogP contribution < -0.4 is 10.5 Å². The Kier molecular flexibility index (Phi) is 4.13. The second-order valence-electron chi connectivity index (χ2n) is 5.39. The Hall–Kier alpha value is -3.00. The molecule has 0 spiro atoms. The van der Waals surface area contributed by atoms with E-state index < -0.39 is 21.7 Å². The number of halogens is 1. The molecule has 1 amide bonds. The number of benzene rings is 2. The summed E-state index contributed by atoms with van der Waals surface area (Å²) >= 11 is 0. The molecule has 0 radical (unpaired) electrons. The molecule has 0 saturated carbocycles. The molecule has 0 atom stereocenters. The molecule has 1 aromatic heterocycles. The number of hydrogen-bond donors (Lipinski definition) is 2. The molecule has 8 heteroatoms. The van der Waals surface area contributed by atoms with Gasteiger partial charge in [0.05, 0.1) is 10.6 Å². The number of fused-ring (bicyclic) bond motifs is 1. The van der Waals surface area contributed by atoms with Crippen LogP contribution in [0.2, 0.25) is 0 Å². The van der Waals surface area contributed by atoms with Crippen molar-refractivity contribution in [3.8, 4) is 0 Å². The minimum Gasteiger partial charge on any atom is -0.366 e. The topological polar surface area (TPSA) is 102 Å². The highest BCUT2D eigenvalue weighted by Gasteiger charge is 2.21. The lowest BCUT2D eigenvalue weighted by atomic mass is 10.1. The number of hydrogen-bond acceptors (Lipinski definition) is 4. The second kappa shape index (κ2) is 6.14. The van der Waals surface area contributed by atoms with Crippen LogP contribution >= 0.6 is 0 Å². The Bertz CT molecular complexity index is 1100. The molecule has 128 valence electrons. The molecule has 3 N–H and O–H groups in total. The lowest BCUT2D eigenvalue weighted by Gasteiger charge is -2.14. The van der Waals surface area contributed by atoms with Gasteiger partial charge in [-0.05, 0) is 48.9 Å². The van der Waals surface area contributed by atoms with Crippen LogP contribution in [0.15, 0.2) is 53.6 Å². The summed E-state index contributed by atoms with van der Waals surface area (Å²) in [6.07, 6.45) is 1.38. The van der Waals surface area contributed by atoms with E-state index in [0.717, 1.165) is 6.07 Å². The molecular formula is C17H14FN3O3S. The van der Waals surface area contributed by atoms with Crippen molar-refractivity contribution in [3.63, 3.8) is 0 Å². The number of primary amides is 1. The maximum Gasteiger partial charge on any atom is 0.262 e. The molecule has 0 aliphatic rings. The van der Waals surface area contributed by atoms with E-state index >= 15 is 0 Å². The first-order valence-electron chi connectivity index (χ1n) is 7.27. The minimum absolute atomic E-state index is 0.0343. The number of carbonyl (C=O) groups excluding carboxylic acids is 1. The molecule has 3 rings (SSSR count). The summed E-state index contributed by atoms with van der Waals surface area (Å²) in [4.78, 5) is 15.2. The first kappa shape index (κ1) is 16.8. The van der Waals surface area contributed by atoms with Crippen LogP contribution in [-0.4, -0.2) is 19.3 Å². The van der Waals surface area contributed by atoms with E-state index in [-0.39, 0.29) is 27.0 Å². The SMILES string of the molecule is Cc1c(NS(=O)(=O)c2ccc(F)c3ncccc23)cccc1C(N)=O. The zero-order valence-electron chi connectivity index (χ0n) is 13.2. The van der Waals surface area contributed by atoms with Crippen molar-refractivity contribution in [2.45, 2.75) is 11.8 Å². The Morgan fingerprint density at radius 1 is 1.16 bits per heavy atom. The summed E-state index contributed by atoms with van der Waals surface area (Å²) in [5, 5.41) is 0.165. The number of sulfonamides is 1. The molecule has 0 aliphatic carbocycles. The van der Waals surface area contributed by atoms with E-state index in [9.17, 15) is 17.6 Å². The molecule has 2 aromatic carbocycles. The number of amides is 1. The van der Waals surface area contributed by atoms with E-state index in [4.69, 9.17) is 5.73 Å². The van der Waals surface area contributed by atoms with Gasteiger partial charge in [0, 0.05) is 17.1 Å². The Morgan fingerprint density at radius 3 is 2.64 bits per heavy atom. The first-order valence-corrected chi connectivity index (χ1v) is 8.75. The van der Waals surface area contributed by atoms with Gasteiger partial charge in [-0.2, -0.15) is 0 Å². The van der Waals surface area contributed by atoms with Gasteiger partial charge in [-0.15, -0.1) is 0 Å². The first-order chi connectivity index (χ1) is 11.8. The fourth-order valence-corrected chi connectivity index (χ4v) is 3.88. The van der Waals surface area contributed by atoms with E-state index in [1.54, 1.807) is 6.92 Å². The molecule has 6 nitrogen and oxygen atoms in total. The van der Waals surface area contributed by atoms with Crippen LogP contribution in [-0.2, 0) is 10.0 Å². The van der Waals surface area contributed by atoms with Crippen molar-refractivity contribution < 1.29 is 17.6 Å². The zero-order valence-corrected chi connectivity index (χ0v) is 14.0. The van der Waals surface area contributed by atoms with Gasteiger partial charge >= 0.3 is 0 Å². The maximum atomic E-state index is 13.9. The molecule has 25 heavy (non-hydrogen) atoms. The van der Waals surface area contributed by atoms with Crippen LogP contribution in [0.25, 0.3) is 10.9 Å². The summed E-state index contributed by atoms with van der Waals surface area (Å²) in [7, 11) is -4.03. The van der Waals surface area contributed by atoms with Gasteiger partial charge in [0.1, 0.15) is 11.3 Å². The van der Waals surface area contributed by atoms with E-state index in [1.807, 2.05) is 0 Å². The minimum atomic E-state index is -4.03. The third-order valence-corrected chi connectivity index (χ3v) is 5.24. The van der Waals surface area contributed by atoms with Crippen molar-refractivity contribution in [2.24, 2.45) is 5.73 Å². The number of nitrogens with two attached hydrogens (primary N) is 1. The quantitative estimate of drug-likeness (QED) is 0.747. The molecular weight excluding hydrogens is 345 g/mol. The molecule has 0 bridgehead atoms. The van der Waals surface area contributed by atoms with Crippen LogP contribution in [0, 0.1) is 12.7 Å². The summed E-state index contributed by atoms with van der Waals surface area (Å²) in [6.45, 7) is 1.59. The van der Waals surface area contributed by atoms with E-state index in [0.29, 0.717) is 5.56 Å². The second-order valence-corrected chi connectivity index (χ2v) is 7.04. The summed E-state index contributed by atoms with van der Waals surface area (Å²) in [5.41, 5.74) is 6.09. The van der Waals surface area contributed by atoms with Crippen LogP contribution in [0.5, 0.6) is 0 Å². The number of pyridine rings is 1. The van der Waals surface area contributed by atoms with Gasteiger partial charge in [0.25, 0.3) is 10.0 Å². The highest BCUT2D eigenvalue weighted by atomic mass is 32.2. The number of rotatable bonds is 4. The van der Waals surface area contributed by atoms with Gasteiger partial charge in [0.15, 0.2) is 0 Å². The van der Waals surface area contributed by atoms with Crippen molar-refractivity contribution in [2.75, 3.05) is 4.72 Å². The number of nitrogens with one attached hydrogen (secondary N) is 1. The third-order valence-electron chi connectivity index (χ3n) is 3.81. The van der Waals surface area contributed by atoms with Crippen molar-refractivity contribution in [1.82, 2.24) is 4.98 Å². The monoisotopic (exact) mass is 359 g/mol. The largest absolute Gasteiger partial charge is 0.366 e. The predicted molar refractivity (Wildman–Crippen MR) is 92.2 cm³/mol. The van der Waals surface area contributed by atoms with E-state index in [2.05, 4.69) is 9.71 Å². The molecule has 1 heterocycles. The Balaban J connectivity index is 2.12. The molecule has 0 fully saturated rings. The van der Waals surface area contributed by atoms with Crippen LogP contribution in [0.1, 0.15) is 15.9 Å². The number of anilines is 1. The van der Waals surface area contributed by atoms with Gasteiger partial charge in [-0.25, -0.2) is 12.8 Å². The van der Waals surface area contributed by atoms with Crippen LogP contribution in [0.4, 0.5) is 10.1 Å². The third kappa shape index (κ3) is 3.03. The highest BCUT2D eigenvalue weighted by molar-refractivity contribution is 7.93. The summed E-state index contributed by atoms with van der Waals surface area (Å²) in [5.74, 6) is -1.27. The van der Waals surface area contributed by atoms with Gasteiger partial charge in [0.2, 0.25) is 5.91 Å². The standard InChI is InChI=1S/C17H14FN3O3S/c1-10-11(17(19)22)4-2-6-14(10)21-25(23,24)15-8-7-13(18)16-12(15)5-3-9-20-16/h2-9,21H,1H3,(H2,19,22). The Morgan fingerprint density at radius 2 is 1.92 bits per heavy atom. The summed E-state index contributed by atoms with van der Waals surface area (Å²) in [6, 6.07) is 9.78. The van der Waals surface area contributed by atoms with Gasteiger partial charge in [-0.1, -0.05) is 6.07 Å². The number of nitrogens with zero attached hydrogens (tertiary/aromatic N) is 1. The van der Waals surface area contributed by atoms with Crippen molar-refractivity contribution >= 4 is 32.5 Å². The molecule has 0 unspecified atom stereocenters. The predicted octanol–water partition coefficient (Wildman–Crippen LogP) is 2.58. The number of aromatic nitrogens is 1. The highest BCUT2D eigenvalue weighted by Crippen LogP contribution is 2.27. The van der Waals surface area contributed by atoms with Gasteiger partial charge < -0.3 is 5.73 Å². The zero-order chi connectivity index (χ0) is 18.2. The number of carbonyl (C=O) groups is 1. The van der Waals surface area contributed by atoms with Crippen LogP contribution in [0.3, 0.4) is 0 Å².